The molecule has 1 aliphatic heterocycles. The Hall–Kier alpha value is -1.55. The van der Waals surface area contributed by atoms with E-state index in [1.165, 1.54) is 0 Å². The average molecular weight is 277 g/mol. The van der Waals surface area contributed by atoms with E-state index in [0.717, 1.165) is 17.7 Å². The molecular formula is C16H23NO3. The lowest BCUT2D eigenvalue weighted by Gasteiger charge is -2.35. The highest BCUT2D eigenvalue weighted by molar-refractivity contribution is 5.76. The number of aryl methyl sites for hydroxylation is 1. The van der Waals surface area contributed by atoms with Crippen molar-refractivity contribution in [1.29, 1.82) is 0 Å². The molecule has 1 heterocycles. The fraction of sp³-hybridized carbons (Fsp3) is 0.562. The zero-order chi connectivity index (χ0) is 14.6. The van der Waals surface area contributed by atoms with Crippen LogP contribution in [-0.4, -0.2) is 41.7 Å². The van der Waals surface area contributed by atoms with Gasteiger partial charge in [0.1, 0.15) is 5.75 Å². The van der Waals surface area contributed by atoms with Crippen LogP contribution in [0.25, 0.3) is 0 Å². The summed E-state index contributed by atoms with van der Waals surface area (Å²) in [7, 11) is 1.64. The van der Waals surface area contributed by atoms with Crippen LogP contribution >= 0.6 is 0 Å². The number of amides is 1. The van der Waals surface area contributed by atoms with Gasteiger partial charge in [-0.2, -0.15) is 0 Å². The first-order valence-corrected chi connectivity index (χ1v) is 7.13. The Morgan fingerprint density at radius 3 is 2.45 bits per heavy atom. The van der Waals surface area contributed by atoms with Gasteiger partial charge in [0.2, 0.25) is 5.91 Å². The number of methoxy groups -OCH3 is 1. The van der Waals surface area contributed by atoms with Crippen molar-refractivity contribution in [2.24, 2.45) is 0 Å². The minimum absolute atomic E-state index is 0.177. The van der Waals surface area contributed by atoms with Crippen molar-refractivity contribution < 1.29 is 14.6 Å². The quantitative estimate of drug-likeness (QED) is 0.916. The molecule has 0 aromatic heterocycles. The summed E-state index contributed by atoms with van der Waals surface area (Å²) in [5.41, 5.74) is 0.537. The zero-order valence-corrected chi connectivity index (χ0v) is 12.3. The number of aliphatic hydroxyl groups is 1. The van der Waals surface area contributed by atoms with Gasteiger partial charge in [0.15, 0.2) is 0 Å². The summed E-state index contributed by atoms with van der Waals surface area (Å²) in [5, 5.41) is 9.88. The molecule has 0 radical (unpaired) electrons. The third-order valence-electron chi connectivity index (χ3n) is 3.98. The zero-order valence-electron chi connectivity index (χ0n) is 12.3. The van der Waals surface area contributed by atoms with Crippen LogP contribution in [0.2, 0.25) is 0 Å². The predicted molar refractivity (Wildman–Crippen MR) is 77.8 cm³/mol. The van der Waals surface area contributed by atoms with Crippen LogP contribution in [0.4, 0.5) is 0 Å². The topological polar surface area (TPSA) is 49.8 Å². The van der Waals surface area contributed by atoms with Crippen molar-refractivity contribution >= 4 is 5.91 Å². The maximum atomic E-state index is 12.1. The summed E-state index contributed by atoms with van der Waals surface area (Å²) in [6.45, 7) is 3.16. The molecule has 0 bridgehead atoms. The molecule has 110 valence electrons. The molecule has 0 atom stereocenters. The Labute approximate surface area is 120 Å². The van der Waals surface area contributed by atoms with E-state index in [1.54, 1.807) is 7.11 Å². The van der Waals surface area contributed by atoms with Gasteiger partial charge in [0.25, 0.3) is 0 Å². The molecule has 0 spiro atoms. The fourth-order valence-corrected chi connectivity index (χ4v) is 2.44. The van der Waals surface area contributed by atoms with Crippen LogP contribution in [-0.2, 0) is 11.2 Å². The van der Waals surface area contributed by atoms with Crippen molar-refractivity contribution in [1.82, 2.24) is 4.90 Å². The van der Waals surface area contributed by atoms with E-state index in [9.17, 15) is 9.90 Å². The van der Waals surface area contributed by atoms with Gasteiger partial charge in [-0.25, -0.2) is 0 Å². The second-order valence-electron chi connectivity index (χ2n) is 5.73. The van der Waals surface area contributed by atoms with E-state index in [0.29, 0.717) is 32.4 Å². The van der Waals surface area contributed by atoms with Gasteiger partial charge in [-0.05, 0) is 43.9 Å². The Morgan fingerprint density at radius 2 is 1.90 bits per heavy atom. The van der Waals surface area contributed by atoms with Crippen LogP contribution in [0.3, 0.4) is 0 Å². The molecule has 1 fully saturated rings. The number of hydrogen-bond donors (Lipinski definition) is 1. The molecule has 1 aliphatic rings. The van der Waals surface area contributed by atoms with Gasteiger partial charge >= 0.3 is 0 Å². The van der Waals surface area contributed by atoms with Gasteiger partial charge < -0.3 is 14.7 Å². The van der Waals surface area contributed by atoms with Crippen LogP contribution in [0.5, 0.6) is 5.75 Å². The van der Waals surface area contributed by atoms with Gasteiger partial charge in [-0.15, -0.1) is 0 Å². The number of benzene rings is 1. The van der Waals surface area contributed by atoms with Gasteiger partial charge in [-0.3, -0.25) is 4.79 Å². The number of ether oxygens (including phenoxy) is 1. The van der Waals surface area contributed by atoms with Crippen molar-refractivity contribution in [2.75, 3.05) is 20.2 Å². The molecular weight excluding hydrogens is 254 g/mol. The molecule has 1 N–H and O–H groups in total. The molecule has 1 aromatic rings. The summed E-state index contributed by atoms with van der Waals surface area (Å²) < 4.78 is 5.11. The van der Waals surface area contributed by atoms with Crippen molar-refractivity contribution in [3.8, 4) is 5.75 Å². The van der Waals surface area contributed by atoms with Crippen molar-refractivity contribution in [2.45, 2.75) is 38.2 Å². The average Bonchev–Trinajstić information content (AvgIpc) is 2.45. The normalized spacial score (nSPS) is 17.9. The van der Waals surface area contributed by atoms with Crippen molar-refractivity contribution in [3.05, 3.63) is 29.8 Å². The third-order valence-corrected chi connectivity index (χ3v) is 3.98. The summed E-state index contributed by atoms with van der Waals surface area (Å²) in [5.74, 6) is 1.01. The molecule has 4 nitrogen and oxygen atoms in total. The first kappa shape index (κ1) is 14.9. The molecule has 0 aliphatic carbocycles. The summed E-state index contributed by atoms with van der Waals surface area (Å²) in [4.78, 5) is 14.0. The van der Waals surface area contributed by atoms with E-state index in [1.807, 2.05) is 36.1 Å². The monoisotopic (exact) mass is 277 g/mol. The SMILES string of the molecule is COc1ccc(CCC(=O)N2CCC(C)(O)CC2)cc1. The predicted octanol–water partition coefficient (Wildman–Crippen LogP) is 2.00. The maximum absolute atomic E-state index is 12.1. The maximum Gasteiger partial charge on any atom is 0.222 e. The van der Waals surface area contributed by atoms with Gasteiger partial charge in [-0.1, -0.05) is 12.1 Å². The molecule has 20 heavy (non-hydrogen) atoms. The summed E-state index contributed by atoms with van der Waals surface area (Å²) in [6.07, 6.45) is 2.60. The van der Waals surface area contributed by atoms with Gasteiger partial charge in [0, 0.05) is 19.5 Å². The fourth-order valence-electron chi connectivity index (χ4n) is 2.44. The first-order chi connectivity index (χ1) is 9.50. The van der Waals surface area contributed by atoms with E-state index in [2.05, 4.69) is 0 Å². The number of rotatable bonds is 4. The molecule has 1 saturated heterocycles. The van der Waals surface area contributed by atoms with E-state index in [4.69, 9.17) is 4.74 Å². The highest BCUT2D eigenvalue weighted by atomic mass is 16.5. The van der Waals surface area contributed by atoms with Crippen LogP contribution in [0.1, 0.15) is 31.7 Å². The van der Waals surface area contributed by atoms with E-state index < -0.39 is 5.60 Å². The number of nitrogens with zero attached hydrogens (tertiary/aromatic N) is 1. The molecule has 4 heteroatoms. The number of piperidine rings is 1. The van der Waals surface area contributed by atoms with E-state index in [-0.39, 0.29) is 5.91 Å². The summed E-state index contributed by atoms with van der Waals surface area (Å²) >= 11 is 0. The molecule has 1 amide bonds. The highest BCUT2D eigenvalue weighted by Gasteiger charge is 2.29. The van der Waals surface area contributed by atoms with Crippen LogP contribution < -0.4 is 4.74 Å². The number of carbonyl (C=O) groups excluding carboxylic acids is 1. The lowest BCUT2D eigenvalue weighted by atomic mass is 9.93. The highest BCUT2D eigenvalue weighted by Crippen LogP contribution is 2.22. The first-order valence-electron chi connectivity index (χ1n) is 7.13. The molecule has 2 rings (SSSR count). The smallest absolute Gasteiger partial charge is 0.222 e. The Bertz CT molecular complexity index is 443. The Kier molecular flexibility index (Phi) is 4.65. The van der Waals surface area contributed by atoms with Crippen molar-refractivity contribution in [3.63, 3.8) is 0 Å². The lowest BCUT2D eigenvalue weighted by molar-refractivity contribution is -0.134. The number of hydrogen-bond acceptors (Lipinski definition) is 3. The Morgan fingerprint density at radius 1 is 1.30 bits per heavy atom. The third kappa shape index (κ3) is 3.97. The van der Waals surface area contributed by atoms with Crippen LogP contribution in [0, 0.1) is 0 Å². The second-order valence-corrected chi connectivity index (χ2v) is 5.73. The standard InChI is InChI=1S/C16H23NO3/c1-16(19)9-11-17(12-10-16)15(18)8-5-13-3-6-14(20-2)7-4-13/h3-4,6-7,19H,5,8-12H2,1-2H3. The van der Waals surface area contributed by atoms with Gasteiger partial charge in [0.05, 0.1) is 12.7 Å². The minimum Gasteiger partial charge on any atom is -0.497 e. The van der Waals surface area contributed by atoms with Crippen LogP contribution in [0.15, 0.2) is 24.3 Å². The Balaban J connectivity index is 1.80. The number of carbonyl (C=O) groups is 1. The molecule has 0 unspecified atom stereocenters. The minimum atomic E-state index is -0.604. The molecule has 0 saturated carbocycles. The van der Waals surface area contributed by atoms with E-state index >= 15 is 0 Å². The summed E-state index contributed by atoms with van der Waals surface area (Å²) in [6, 6.07) is 7.82. The molecule has 1 aromatic carbocycles. The largest absolute Gasteiger partial charge is 0.497 e. The second kappa shape index (κ2) is 6.27. The number of likely N-dealkylation sites (tertiary alicyclic amines) is 1. The lowest BCUT2D eigenvalue weighted by Crippen LogP contribution is -2.45.